The van der Waals surface area contributed by atoms with Crippen molar-refractivity contribution in [2.24, 2.45) is 5.73 Å². The summed E-state index contributed by atoms with van der Waals surface area (Å²) in [6, 6.07) is 8.06. The zero-order valence-electron chi connectivity index (χ0n) is 9.45. The van der Waals surface area contributed by atoms with Gasteiger partial charge in [-0.2, -0.15) is 0 Å². The number of rotatable bonds is 4. The Hall–Kier alpha value is -1.35. The molecule has 0 aliphatic heterocycles. The monoisotopic (exact) mass is 206 g/mol. The summed E-state index contributed by atoms with van der Waals surface area (Å²) >= 11 is 0. The molecule has 1 amide bonds. The third-order valence-corrected chi connectivity index (χ3v) is 2.50. The fourth-order valence-corrected chi connectivity index (χ4v) is 1.41. The topological polar surface area (TPSA) is 55.1 Å². The van der Waals surface area contributed by atoms with Gasteiger partial charge in [0.05, 0.1) is 6.04 Å². The van der Waals surface area contributed by atoms with E-state index in [4.69, 9.17) is 5.73 Å². The normalized spacial score (nSPS) is 14.6. The maximum atomic E-state index is 10.9. The highest BCUT2D eigenvalue weighted by Crippen LogP contribution is 2.13. The lowest BCUT2D eigenvalue weighted by atomic mass is 10.1. The van der Waals surface area contributed by atoms with Gasteiger partial charge in [-0.15, -0.1) is 0 Å². The minimum absolute atomic E-state index is 0.132. The molecule has 0 aliphatic rings. The molecule has 0 saturated carbocycles. The van der Waals surface area contributed by atoms with Crippen molar-refractivity contribution < 1.29 is 4.79 Å². The van der Waals surface area contributed by atoms with Crippen LogP contribution in [0.2, 0.25) is 0 Å². The second kappa shape index (κ2) is 4.94. The number of benzene rings is 1. The number of hydrogen-bond donors (Lipinski definition) is 2. The number of aryl methyl sites for hydroxylation is 1. The third kappa shape index (κ3) is 3.36. The molecule has 3 N–H and O–H groups in total. The summed E-state index contributed by atoms with van der Waals surface area (Å²) in [5, 5.41) is 3.14. The standard InChI is InChI=1S/C12H18N2O/c1-8-4-6-11(7-5-8)9(2)14-10(3)12(13)15/h4-7,9-10,14H,1-3H3,(H2,13,15)/t9-,10?/m0/s1. The number of amides is 1. The van der Waals surface area contributed by atoms with Crippen LogP contribution in [0, 0.1) is 6.92 Å². The van der Waals surface area contributed by atoms with Gasteiger partial charge in [0.2, 0.25) is 5.91 Å². The van der Waals surface area contributed by atoms with Gasteiger partial charge in [0, 0.05) is 6.04 Å². The first-order valence-corrected chi connectivity index (χ1v) is 5.12. The molecule has 1 aromatic carbocycles. The molecule has 15 heavy (non-hydrogen) atoms. The van der Waals surface area contributed by atoms with Gasteiger partial charge in [-0.05, 0) is 26.3 Å². The average Bonchev–Trinajstić information content (AvgIpc) is 2.18. The van der Waals surface area contributed by atoms with Crippen LogP contribution in [0.1, 0.15) is 31.0 Å². The van der Waals surface area contributed by atoms with Crippen LogP contribution in [0.5, 0.6) is 0 Å². The second-order valence-electron chi connectivity index (χ2n) is 3.92. The Morgan fingerprint density at radius 1 is 1.27 bits per heavy atom. The Labute approximate surface area is 90.7 Å². The first-order chi connectivity index (χ1) is 7.00. The van der Waals surface area contributed by atoms with E-state index < -0.39 is 0 Å². The molecular weight excluding hydrogens is 188 g/mol. The first-order valence-electron chi connectivity index (χ1n) is 5.12. The van der Waals surface area contributed by atoms with Gasteiger partial charge < -0.3 is 5.73 Å². The van der Waals surface area contributed by atoms with Crippen molar-refractivity contribution in [1.29, 1.82) is 0 Å². The van der Waals surface area contributed by atoms with Crippen molar-refractivity contribution >= 4 is 5.91 Å². The van der Waals surface area contributed by atoms with Crippen molar-refractivity contribution in [3.63, 3.8) is 0 Å². The fraction of sp³-hybridized carbons (Fsp3) is 0.417. The summed E-state index contributed by atoms with van der Waals surface area (Å²) in [6.45, 7) is 5.84. The molecule has 0 radical (unpaired) electrons. The first kappa shape index (κ1) is 11.7. The summed E-state index contributed by atoms with van der Waals surface area (Å²) in [5.41, 5.74) is 7.58. The number of nitrogens with two attached hydrogens (primary N) is 1. The summed E-state index contributed by atoms with van der Waals surface area (Å²) in [5.74, 6) is -0.325. The van der Waals surface area contributed by atoms with Crippen LogP contribution in [-0.4, -0.2) is 11.9 Å². The second-order valence-corrected chi connectivity index (χ2v) is 3.92. The number of primary amides is 1. The van der Waals surface area contributed by atoms with Gasteiger partial charge in [0.25, 0.3) is 0 Å². The Morgan fingerprint density at radius 3 is 2.27 bits per heavy atom. The fourth-order valence-electron chi connectivity index (χ4n) is 1.41. The van der Waals surface area contributed by atoms with Crippen LogP contribution in [0.25, 0.3) is 0 Å². The minimum Gasteiger partial charge on any atom is -0.368 e. The zero-order chi connectivity index (χ0) is 11.4. The molecule has 0 spiro atoms. The quantitative estimate of drug-likeness (QED) is 0.784. The lowest BCUT2D eigenvalue weighted by Crippen LogP contribution is -2.39. The van der Waals surface area contributed by atoms with E-state index in [0.29, 0.717) is 0 Å². The van der Waals surface area contributed by atoms with E-state index >= 15 is 0 Å². The lowest BCUT2D eigenvalue weighted by Gasteiger charge is -2.18. The molecule has 0 saturated heterocycles. The van der Waals surface area contributed by atoms with E-state index in [2.05, 4.69) is 29.6 Å². The highest BCUT2D eigenvalue weighted by atomic mass is 16.1. The summed E-state index contributed by atoms with van der Waals surface area (Å²) in [6.07, 6.45) is 0. The molecule has 2 atom stereocenters. The summed E-state index contributed by atoms with van der Waals surface area (Å²) < 4.78 is 0. The van der Waals surface area contributed by atoms with E-state index in [1.54, 1.807) is 6.92 Å². The number of nitrogens with one attached hydrogen (secondary N) is 1. The lowest BCUT2D eigenvalue weighted by molar-refractivity contribution is -0.119. The number of hydrogen-bond acceptors (Lipinski definition) is 2. The van der Waals surface area contributed by atoms with Crippen LogP contribution in [0.4, 0.5) is 0 Å². The van der Waals surface area contributed by atoms with Crippen LogP contribution < -0.4 is 11.1 Å². The van der Waals surface area contributed by atoms with Crippen LogP contribution in [0.3, 0.4) is 0 Å². The molecule has 0 bridgehead atoms. The molecule has 3 heteroatoms. The largest absolute Gasteiger partial charge is 0.368 e. The summed E-state index contributed by atoms with van der Waals surface area (Å²) in [7, 11) is 0. The van der Waals surface area contributed by atoms with Gasteiger partial charge >= 0.3 is 0 Å². The molecular formula is C12H18N2O. The molecule has 1 unspecified atom stereocenters. The molecule has 0 aliphatic carbocycles. The van der Waals surface area contributed by atoms with Crippen molar-refractivity contribution in [2.75, 3.05) is 0 Å². The average molecular weight is 206 g/mol. The Kier molecular flexibility index (Phi) is 3.86. The summed E-state index contributed by atoms with van der Waals surface area (Å²) in [4.78, 5) is 10.9. The minimum atomic E-state index is -0.325. The highest BCUT2D eigenvalue weighted by Gasteiger charge is 2.12. The van der Waals surface area contributed by atoms with Gasteiger partial charge in [-0.3, -0.25) is 10.1 Å². The van der Waals surface area contributed by atoms with Crippen molar-refractivity contribution in [2.45, 2.75) is 32.9 Å². The third-order valence-electron chi connectivity index (χ3n) is 2.50. The maximum absolute atomic E-state index is 10.9. The predicted octanol–water partition coefficient (Wildman–Crippen LogP) is 1.52. The number of carbonyl (C=O) groups excluding carboxylic acids is 1. The molecule has 1 aromatic rings. The Balaban J connectivity index is 2.64. The van der Waals surface area contributed by atoms with Crippen molar-refractivity contribution in [1.82, 2.24) is 5.32 Å². The van der Waals surface area contributed by atoms with Crippen LogP contribution in [0.15, 0.2) is 24.3 Å². The molecule has 0 aromatic heterocycles. The molecule has 82 valence electrons. The van der Waals surface area contributed by atoms with E-state index in [1.807, 2.05) is 13.8 Å². The highest BCUT2D eigenvalue weighted by molar-refractivity contribution is 5.79. The number of carbonyl (C=O) groups is 1. The molecule has 3 nitrogen and oxygen atoms in total. The van der Waals surface area contributed by atoms with Gasteiger partial charge in [-0.1, -0.05) is 29.8 Å². The van der Waals surface area contributed by atoms with Gasteiger partial charge in [-0.25, -0.2) is 0 Å². The molecule has 0 fully saturated rings. The SMILES string of the molecule is Cc1ccc([C@H](C)NC(C)C(N)=O)cc1. The van der Waals surface area contributed by atoms with Crippen LogP contribution in [-0.2, 0) is 4.79 Å². The smallest absolute Gasteiger partial charge is 0.234 e. The predicted molar refractivity (Wildman–Crippen MR) is 61.4 cm³/mol. The Morgan fingerprint density at radius 2 is 1.80 bits per heavy atom. The van der Waals surface area contributed by atoms with Gasteiger partial charge in [0.1, 0.15) is 0 Å². The van der Waals surface area contributed by atoms with E-state index in [9.17, 15) is 4.79 Å². The van der Waals surface area contributed by atoms with E-state index in [-0.39, 0.29) is 18.0 Å². The molecule has 0 heterocycles. The van der Waals surface area contributed by atoms with Crippen LogP contribution >= 0.6 is 0 Å². The maximum Gasteiger partial charge on any atom is 0.234 e. The molecule has 1 rings (SSSR count). The van der Waals surface area contributed by atoms with Crippen molar-refractivity contribution in [3.05, 3.63) is 35.4 Å². The van der Waals surface area contributed by atoms with Gasteiger partial charge in [0.15, 0.2) is 0 Å². The Bertz CT molecular complexity index is 332. The van der Waals surface area contributed by atoms with Crippen molar-refractivity contribution in [3.8, 4) is 0 Å². The zero-order valence-corrected chi connectivity index (χ0v) is 9.45. The van der Waals surface area contributed by atoms with E-state index in [1.165, 1.54) is 5.56 Å². The van der Waals surface area contributed by atoms with E-state index in [0.717, 1.165) is 5.56 Å².